The van der Waals surface area contributed by atoms with E-state index in [-0.39, 0.29) is 5.92 Å². The molecule has 0 aliphatic rings. The Bertz CT molecular complexity index is 1050. The molecule has 0 saturated heterocycles. The maximum atomic E-state index is 5.48. The standard InChI is InChI=1S/C24H24N2O/c1-26(2)19-13-11-17(12-14-19)24(18-7-6-8-20(15-18)27-3)22-16-25-23-10-5-4-9-21(22)23/h4-16,24-25H,1-3H3. The van der Waals surface area contributed by atoms with Crippen LogP contribution in [-0.4, -0.2) is 26.2 Å². The molecule has 27 heavy (non-hydrogen) atoms. The number of hydrogen-bond donors (Lipinski definition) is 1. The molecule has 1 unspecified atom stereocenters. The first-order valence-corrected chi connectivity index (χ1v) is 9.14. The van der Waals surface area contributed by atoms with Crippen LogP contribution in [0, 0.1) is 0 Å². The molecule has 3 nitrogen and oxygen atoms in total. The highest BCUT2D eigenvalue weighted by Crippen LogP contribution is 2.37. The number of nitrogens with zero attached hydrogens (tertiary/aromatic N) is 1. The quantitative estimate of drug-likeness (QED) is 0.517. The van der Waals surface area contributed by atoms with Gasteiger partial charge in [-0.1, -0.05) is 42.5 Å². The van der Waals surface area contributed by atoms with Crippen LogP contribution >= 0.6 is 0 Å². The topological polar surface area (TPSA) is 28.3 Å². The van der Waals surface area contributed by atoms with Crippen LogP contribution in [0.4, 0.5) is 5.69 Å². The Morgan fingerprint density at radius 1 is 0.852 bits per heavy atom. The zero-order valence-electron chi connectivity index (χ0n) is 15.9. The monoisotopic (exact) mass is 356 g/mol. The van der Waals surface area contributed by atoms with Gasteiger partial charge in [-0.15, -0.1) is 0 Å². The Morgan fingerprint density at radius 3 is 2.37 bits per heavy atom. The number of fused-ring (bicyclic) bond motifs is 1. The van der Waals surface area contributed by atoms with E-state index in [2.05, 4.69) is 96.9 Å². The Kier molecular flexibility index (Phi) is 4.59. The van der Waals surface area contributed by atoms with E-state index in [9.17, 15) is 0 Å². The molecule has 0 saturated carbocycles. The zero-order chi connectivity index (χ0) is 18.8. The smallest absolute Gasteiger partial charge is 0.119 e. The molecule has 0 aliphatic carbocycles. The SMILES string of the molecule is COc1cccc(C(c2ccc(N(C)C)cc2)c2c[nH]c3ccccc23)c1. The molecule has 1 aromatic heterocycles. The summed E-state index contributed by atoms with van der Waals surface area (Å²) in [5.74, 6) is 1.01. The van der Waals surface area contributed by atoms with Gasteiger partial charge in [0.1, 0.15) is 5.75 Å². The number of nitrogens with one attached hydrogen (secondary N) is 1. The van der Waals surface area contributed by atoms with Crippen molar-refractivity contribution in [3.05, 3.63) is 95.7 Å². The first-order chi connectivity index (χ1) is 13.2. The Morgan fingerprint density at radius 2 is 1.63 bits per heavy atom. The number of hydrogen-bond acceptors (Lipinski definition) is 2. The van der Waals surface area contributed by atoms with Crippen LogP contribution in [0.5, 0.6) is 5.75 Å². The normalized spacial score (nSPS) is 12.1. The summed E-state index contributed by atoms with van der Waals surface area (Å²) in [5, 5.41) is 1.25. The molecule has 1 heterocycles. The van der Waals surface area contributed by atoms with Gasteiger partial charge in [0.2, 0.25) is 0 Å². The molecule has 136 valence electrons. The lowest BCUT2D eigenvalue weighted by Gasteiger charge is -2.20. The van der Waals surface area contributed by atoms with Gasteiger partial charge in [0.15, 0.2) is 0 Å². The van der Waals surface area contributed by atoms with Gasteiger partial charge < -0.3 is 14.6 Å². The molecule has 0 spiro atoms. The van der Waals surface area contributed by atoms with Crippen LogP contribution in [0.3, 0.4) is 0 Å². The van der Waals surface area contributed by atoms with Crippen molar-refractivity contribution in [3.63, 3.8) is 0 Å². The second kappa shape index (κ2) is 7.20. The number of para-hydroxylation sites is 1. The minimum Gasteiger partial charge on any atom is -0.497 e. The highest BCUT2D eigenvalue weighted by molar-refractivity contribution is 5.84. The number of rotatable bonds is 5. The number of benzene rings is 3. The summed E-state index contributed by atoms with van der Waals surface area (Å²) in [6.45, 7) is 0. The number of anilines is 1. The van der Waals surface area contributed by atoms with Crippen LogP contribution < -0.4 is 9.64 Å². The molecule has 4 aromatic rings. The van der Waals surface area contributed by atoms with E-state index in [1.807, 2.05) is 6.07 Å². The molecule has 3 aromatic carbocycles. The lowest BCUT2D eigenvalue weighted by atomic mass is 9.85. The molecule has 0 amide bonds. The second-order valence-electron chi connectivity index (χ2n) is 6.99. The van der Waals surface area contributed by atoms with E-state index >= 15 is 0 Å². The fourth-order valence-electron chi connectivity index (χ4n) is 3.67. The van der Waals surface area contributed by atoms with Gasteiger partial charge in [0.05, 0.1) is 7.11 Å². The number of aromatic amines is 1. The predicted molar refractivity (Wildman–Crippen MR) is 113 cm³/mol. The summed E-state index contributed by atoms with van der Waals surface area (Å²) in [6, 6.07) is 25.6. The van der Waals surface area contributed by atoms with Crippen LogP contribution in [0.15, 0.2) is 79.0 Å². The number of ether oxygens (including phenoxy) is 1. The van der Waals surface area contributed by atoms with Crippen molar-refractivity contribution in [2.24, 2.45) is 0 Å². The van der Waals surface area contributed by atoms with Crippen LogP contribution in [0.2, 0.25) is 0 Å². The predicted octanol–water partition coefficient (Wildman–Crippen LogP) is 5.42. The van der Waals surface area contributed by atoms with E-state index < -0.39 is 0 Å². The molecule has 4 rings (SSSR count). The summed E-state index contributed by atoms with van der Waals surface area (Å²) >= 11 is 0. The van der Waals surface area contributed by atoms with Gasteiger partial charge in [-0.3, -0.25) is 0 Å². The minimum atomic E-state index is 0.132. The minimum absolute atomic E-state index is 0.132. The maximum Gasteiger partial charge on any atom is 0.119 e. The van der Waals surface area contributed by atoms with Crippen molar-refractivity contribution >= 4 is 16.6 Å². The van der Waals surface area contributed by atoms with Crippen molar-refractivity contribution in [1.82, 2.24) is 4.98 Å². The lowest BCUT2D eigenvalue weighted by molar-refractivity contribution is 0.414. The van der Waals surface area contributed by atoms with E-state index in [4.69, 9.17) is 4.74 Å². The van der Waals surface area contributed by atoms with Gasteiger partial charge in [-0.2, -0.15) is 0 Å². The molecular formula is C24H24N2O. The maximum absolute atomic E-state index is 5.48. The van der Waals surface area contributed by atoms with Crippen molar-refractivity contribution in [2.75, 3.05) is 26.1 Å². The van der Waals surface area contributed by atoms with E-state index in [0.717, 1.165) is 11.3 Å². The Balaban J connectivity index is 1.89. The number of H-pyrrole nitrogens is 1. The largest absolute Gasteiger partial charge is 0.497 e. The fourth-order valence-corrected chi connectivity index (χ4v) is 3.67. The van der Waals surface area contributed by atoms with Crippen molar-refractivity contribution in [1.29, 1.82) is 0 Å². The molecule has 1 N–H and O–H groups in total. The summed E-state index contributed by atoms with van der Waals surface area (Å²) < 4.78 is 5.48. The summed E-state index contributed by atoms with van der Waals surface area (Å²) in [6.07, 6.45) is 2.13. The Hall–Kier alpha value is -3.20. The first kappa shape index (κ1) is 17.2. The van der Waals surface area contributed by atoms with Gasteiger partial charge in [0.25, 0.3) is 0 Å². The molecule has 0 fully saturated rings. The zero-order valence-corrected chi connectivity index (χ0v) is 15.9. The number of methoxy groups -OCH3 is 1. The average Bonchev–Trinajstić information content (AvgIpc) is 3.13. The van der Waals surface area contributed by atoms with Crippen LogP contribution in [0.1, 0.15) is 22.6 Å². The van der Waals surface area contributed by atoms with Gasteiger partial charge in [-0.05, 0) is 47.0 Å². The van der Waals surface area contributed by atoms with Crippen molar-refractivity contribution in [2.45, 2.75) is 5.92 Å². The van der Waals surface area contributed by atoms with Crippen LogP contribution in [0.25, 0.3) is 10.9 Å². The molecule has 0 radical (unpaired) electrons. The molecule has 0 bridgehead atoms. The molecule has 0 aliphatic heterocycles. The van der Waals surface area contributed by atoms with Gasteiger partial charge in [-0.25, -0.2) is 0 Å². The first-order valence-electron chi connectivity index (χ1n) is 9.14. The average molecular weight is 356 g/mol. The summed E-state index contributed by atoms with van der Waals surface area (Å²) in [4.78, 5) is 5.55. The van der Waals surface area contributed by atoms with Crippen LogP contribution in [-0.2, 0) is 0 Å². The summed E-state index contributed by atoms with van der Waals surface area (Å²) in [5.41, 5.74) is 6.11. The highest BCUT2D eigenvalue weighted by Gasteiger charge is 2.20. The third kappa shape index (κ3) is 3.28. The molecular weight excluding hydrogens is 332 g/mol. The van der Waals surface area contributed by atoms with Gasteiger partial charge >= 0.3 is 0 Å². The second-order valence-corrected chi connectivity index (χ2v) is 6.99. The van der Waals surface area contributed by atoms with Crippen molar-refractivity contribution < 1.29 is 4.74 Å². The third-order valence-corrected chi connectivity index (χ3v) is 5.10. The van der Waals surface area contributed by atoms with E-state index in [1.54, 1.807) is 7.11 Å². The molecule has 1 atom stereocenters. The summed E-state index contributed by atoms with van der Waals surface area (Å²) in [7, 11) is 5.84. The van der Waals surface area contributed by atoms with Crippen molar-refractivity contribution in [3.8, 4) is 5.75 Å². The third-order valence-electron chi connectivity index (χ3n) is 5.10. The lowest BCUT2D eigenvalue weighted by Crippen LogP contribution is -2.09. The number of aromatic nitrogens is 1. The highest BCUT2D eigenvalue weighted by atomic mass is 16.5. The fraction of sp³-hybridized carbons (Fsp3) is 0.167. The van der Waals surface area contributed by atoms with E-state index in [0.29, 0.717) is 0 Å². The Labute approximate surface area is 160 Å². The van der Waals surface area contributed by atoms with Gasteiger partial charge in [0, 0.05) is 42.8 Å². The molecule has 3 heteroatoms. The van der Waals surface area contributed by atoms with E-state index in [1.165, 1.54) is 27.8 Å².